The molecule has 1 aliphatic rings. The van der Waals surface area contributed by atoms with Gasteiger partial charge in [0.15, 0.2) is 0 Å². The molecule has 0 spiro atoms. The molecule has 2 rings (SSSR count). The van der Waals surface area contributed by atoms with Gasteiger partial charge in [-0.2, -0.15) is 0 Å². The molecule has 1 aliphatic heterocycles. The van der Waals surface area contributed by atoms with Crippen molar-refractivity contribution in [2.75, 3.05) is 20.2 Å². The quantitative estimate of drug-likeness (QED) is 0.907. The van der Waals surface area contributed by atoms with Gasteiger partial charge in [-0.05, 0) is 6.42 Å². The number of hydrogen-bond acceptors (Lipinski definition) is 3. The smallest absolute Gasteiger partial charge is 0.219 e. The lowest BCUT2D eigenvalue weighted by atomic mass is 9.85. The Hall–Kier alpha value is -1.40. The van der Waals surface area contributed by atoms with E-state index in [1.807, 2.05) is 0 Å². The molecule has 1 amide bonds. The monoisotopic (exact) mass is 320 g/mol. The van der Waals surface area contributed by atoms with E-state index in [2.05, 4.69) is 0 Å². The number of nitrogens with zero attached hydrogens (tertiary/aromatic N) is 1. The zero-order valence-corrected chi connectivity index (χ0v) is 12.8. The molecule has 4 nitrogen and oxygen atoms in total. The van der Waals surface area contributed by atoms with Gasteiger partial charge in [0, 0.05) is 49.7 Å². The van der Waals surface area contributed by atoms with Crippen LogP contribution in [0.1, 0.15) is 24.8 Å². The summed E-state index contributed by atoms with van der Waals surface area (Å²) in [5, 5.41) is 0. The van der Waals surface area contributed by atoms with Crippen LogP contribution in [-0.4, -0.2) is 37.0 Å². The van der Waals surface area contributed by atoms with Crippen molar-refractivity contribution in [1.29, 1.82) is 0 Å². The van der Waals surface area contributed by atoms with Crippen molar-refractivity contribution >= 4 is 18.3 Å². The van der Waals surface area contributed by atoms with Crippen molar-refractivity contribution < 1.29 is 18.3 Å². The maximum Gasteiger partial charge on any atom is 0.219 e. The Morgan fingerprint density at radius 2 is 1.95 bits per heavy atom. The van der Waals surface area contributed by atoms with Crippen molar-refractivity contribution in [1.82, 2.24) is 4.90 Å². The van der Waals surface area contributed by atoms with Gasteiger partial charge in [-0.1, -0.05) is 0 Å². The van der Waals surface area contributed by atoms with Gasteiger partial charge < -0.3 is 15.4 Å². The van der Waals surface area contributed by atoms with Gasteiger partial charge in [-0.15, -0.1) is 12.4 Å². The Morgan fingerprint density at radius 1 is 1.38 bits per heavy atom. The number of halogens is 3. The van der Waals surface area contributed by atoms with Crippen LogP contribution in [0.25, 0.3) is 0 Å². The topological polar surface area (TPSA) is 55.6 Å². The van der Waals surface area contributed by atoms with Crippen LogP contribution in [0.15, 0.2) is 12.1 Å². The molecule has 1 aromatic carbocycles. The third-order valence-electron chi connectivity index (χ3n) is 3.76. The van der Waals surface area contributed by atoms with Crippen molar-refractivity contribution in [3.63, 3.8) is 0 Å². The lowest BCUT2D eigenvalue weighted by Gasteiger charge is -2.36. The van der Waals surface area contributed by atoms with E-state index in [0.29, 0.717) is 19.5 Å². The van der Waals surface area contributed by atoms with Crippen LogP contribution < -0.4 is 10.5 Å². The minimum Gasteiger partial charge on any atom is -0.497 e. The minimum absolute atomic E-state index is 0. The summed E-state index contributed by atoms with van der Waals surface area (Å²) < 4.78 is 32.9. The predicted octanol–water partition coefficient (Wildman–Crippen LogP) is 2.06. The van der Waals surface area contributed by atoms with Crippen LogP contribution in [0.2, 0.25) is 0 Å². The third-order valence-corrected chi connectivity index (χ3v) is 3.76. The van der Waals surface area contributed by atoms with Gasteiger partial charge in [-0.3, -0.25) is 4.79 Å². The largest absolute Gasteiger partial charge is 0.497 e. The zero-order chi connectivity index (χ0) is 14.9. The van der Waals surface area contributed by atoms with Gasteiger partial charge in [-0.25, -0.2) is 8.78 Å². The van der Waals surface area contributed by atoms with Crippen molar-refractivity contribution in [2.24, 2.45) is 5.73 Å². The van der Waals surface area contributed by atoms with Crippen molar-refractivity contribution in [2.45, 2.75) is 25.3 Å². The van der Waals surface area contributed by atoms with Gasteiger partial charge in [0.05, 0.1) is 7.11 Å². The van der Waals surface area contributed by atoms with Crippen molar-refractivity contribution in [3.05, 3.63) is 29.3 Å². The summed E-state index contributed by atoms with van der Waals surface area (Å²) in [6.07, 6.45) is 0.445. The molecule has 0 radical (unpaired) electrons. The van der Waals surface area contributed by atoms with Crippen LogP contribution in [0.5, 0.6) is 5.75 Å². The Morgan fingerprint density at radius 3 is 2.38 bits per heavy atom. The summed E-state index contributed by atoms with van der Waals surface area (Å²) in [4.78, 5) is 12.9. The second kappa shape index (κ2) is 7.04. The van der Waals surface area contributed by atoms with Gasteiger partial charge in [0.2, 0.25) is 5.91 Å². The van der Waals surface area contributed by atoms with E-state index in [-0.39, 0.29) is 29.6 Å². The number of ether oxygens (including phenoxy) is 1. The van der Waals surface area contributed by atoms with Gasteiger partial charge in [0.25, 0.3) is 0 Å². The van der Waals surface area contributed by atoms with E-state index in [1.54, 1.807) is 4.90 Å². The van der Waals surface area contributed by atoms with Crippen LogP contribution in [0.4, 0.5) is 8.78 Å². The summed E-state index contributed by atoms with van der Waals surface area (Å²) in [7, 11) is 1.35. The van der Waals surface area contributed by atoms with E-state index < -0.39 is 23.6 Å². The normalized spacial score (nSPS) is 21.7. The standard InChI is InChI=1S/C14H18F2N2O2.ClH/c1-8(19)18-4-3-10(13(17)7-18)14-11(15)5-9(20-2)6-12(14)16;/h5-6,10,13H,3-4,7,17H2,1-2H3;1H. The molecule has 0 saturated carbocycles. The number of rotatable bonds is 2. The number of carbonyl (C=O) groups is 1. The Kier molecular flexibility index (Phi) is 5.92. The fraction of sp³-hybridized carbons (Fsp3) is 0.500. The Labute approximate surface area is 128 Å². The molecule has 2 unspecified atom stereocenters. The number of methoxy groups -OCH3 is 1. The first-order valence-corrected chi connectivity index (χ1v) is 6.48. The van der Waals surface area contributed by atoms with Crippen LogP contribution in [0, 0.1) is 11.6 Å². The highest BCUT2D eigenvalue weighted by atomic mass is 35.5. The number of amides is 1. The highest BCUT2D eigenvalue weighted by Crippen LogP contribution is 2.33. The molecular formula is C14H19ClF2N2O2. The predicted molar refractivity (Wildman–Crippen MR) is 77.7 cm³/mol. The van der Waals surface area contributed by atoms with E-state index >= 15 is 0 Å². The average molecular weight is 321 g/mol. The molecule has 1 saturated heterocycles. The number of carbonyl (C=O) groups excluding carboxylic acids is 1. The molecule has 1 aromatic rings. The molecule has 0 aliphatic carbocycles. The van der Waals surface area contributed by atoms with Crippen LogP contribution in [0.3, 0.4) is 0 Å². The van der Waals surface area contributed by atoms with E-state index in [9.17, 15) is 13.6 Å². The number of likely N-dealkylation sites (tertiary alicyclic amines) is 1. The first kappa shape index (κ1) is 17.7. The fourth-order valence-corrected chi connectivity index (χ4v) is 2.66. The Bertz CT molecular complexity index is 505. The molecule has 2 N–H and O–H groups in total. The van der Waals surface area contributed by atoms with Crippen molar-refractivity contribution in [3.8, 4) is 5.75 Å². The maximum atomic E-state index is 14.1. The molecule has 1 heterocycles. The second-order valence-corrected chi connectivity index (χ2v) is 5.03. The zero-order valence-electron chi connectivity index (χ0n) is 11.9. The number of piperidine rings is 1. The first-order valence-electron chi connectivity index (χ1n) is 6.48. The Balaban J connectivity index is 0.00000220. The summed E-state index contributed by atoms with van der Waals surface area (Å²) in [6, 6.07) is 1.83. The fourth-order valence-electron chi connectivity index (χ4n) is 2.66. The molecule has 1 fully saturated rings. The summed E-state index contributed by atoms with van der Waals surface area (Å²) in [6.45, 7) is 2.23. The van der Waals surface area contributed by atoms with E-state index in [0.717, 1.165) is 12.1 Å². The number of benzene rings is 1. The second-order valence-electron chi connectivity index (χ2n) is 5.03. The molecule has 118 valence electrons. The van der Waals surface area contributed by atoms with Crippen LogP contribution >= 0.6 is 12.4 Å². The average Bonchev–Trinajstić information content (AvgIpc) is 2.39. The summed E-state index contributed by atoms with van der Waals surface area (Å²) >= 11 is 0. The summed E-state index contributed by atoms with van der Waals surface area (Å²) in [5.41, 5.74) is 5.98. The first-order chi connectivity index (χ1) is 9.43. The molecule has 0 aromatic heterocycles. The third kappa shape index (κ3) is 3.63. The number of nitrogens with two attached hydrogens (primary N) is 1. The highest BCUT2D eigenvalue weighted by Gasteiger charge is 2.32. The number of hydrogen-bond donors (Lipinski definition) is 1. The highest BCUT2D eigenvalue weighted by molar-refractivity contribution is 5.85. The lowest BCUT2D eigenvalue weighted by Crippen LogP contribution is -2.49. The van der Waals surface area contributed by atoms with Gasteiger partial charge >= 0.3 is 0 Å². The van der Waals surface area contributed by atoms with Crippen LogP contribution in [-0.2, 0) is 4.79 Å². The lowest BCUT2D eigenvalue weighted by molar-refractivity contribution is -0.130. The molecule has 2 atom stereocenters. The SMILES string of the molecule is COc1cc(F)c(C2CCN(C(C)=O)CC2N)c(F)c1.Cl. The molecule has 0 bridgehead atoms. The minimum atomic E-state index is -0.654. The van der Waals surface area contributed by atoms with E-state index in [4.69, 9.17) is 10.5 Å². The van der Waals surface area contributed by atoms with E-state index in [1.165, 1.54) is 14.0 Å². The molecule has 21 heavy (non-hydrogen) atoms. The van der Waals surface area contributed by atoms with Gasteiger partial charge in [0.1, 0.15) is 17.4 Å². The molecule has 7 heteroatoms. The maximum absolute atomic E-state index is 14.1. The summed E-state index contributed by atoms with van der Waals surface area (Å²) in [5.74, 6) is -1.68. The molecular weight excluding hydrogens is 302 g/mol.